The van der Waals surface area contributed by atoms with Crippen molar-refractivity contribution in [2.24, 2.45) is 5.41 Å². The monoisotopic (exact) mass is 242 g/mol. The van der Waals surface area contributed by atoms with Gasteiger partial charge in [0.05, 0.1) is 6.17 Å². The predicted molar refractivity (Wildman–Crippen MR) is 78.3 cm³/mol. The number of nitrogens with zero attached hydrogens (tertiary/aromatic N) is 2. The third-order valence-corrected chi connectivity index (χ3v) is 3.72. The molecule has 0 aliphatic heterocycles. The molecule has 0 aromatic carbocycles. The lowest BCUT2D eigenvalue weighted by molar-refractivity contribution is 0.112. The number of hydrogen-bond acceptors (Lipinski definition) is 2. The second-order valence-corrected chi connectivity index (χ2v) is 6.57. The first kappa shape index (κ1) is 16.9. The Hall–Kier alpha value is -0.0800. The minimum absolute atomic E-state index is 0.527. The molecule has 0 saturated heterocycles. The van der Waals surface area contributed by atoms with Crippen LogP contribution in [0, 0.1) is 5.41 Å². The first-order valence-corrected chi connectivity index (χ1v) is 7.13. The number of unbranched alkanes of at least 4 members (excludes halogenated alkanes) is 1. The number of hydrogen-bond donors (Lipinski definition) is 0. The highest BCUT2D eigenvalue weighted by Crippen LogP contribution is 2.30. The van der Waals surface area contributed by atoms with Gasteiger partial charge in [0, 0.05) is 0 Å². The van der Waals surface area contributed by atoms with E-state index < -0.39 is 0 Å². The second-order valence-electron chi connectivity index (χ2n) is 6.57. The highest BCUT2D eigenvalue weighted by molar-refractivity contribution is 4.71. The highest BCUT2D eigenvalue weighted by Gasteiger charge is 2.19. The Bertz CT molecular complexity index is 177. The Morgan fingerprint density at radius 3 is 1.76 bits per heavy atom. The van der Waals surface area contributed by atoms with Crippen LogP contribution in [0.1, 0.15) is 59.3 Å². The van der Waals surface area contributed by atoms with Gasteiger partial charge in [0.15, 0.2) is 0 Å². The van der Waals surface area contributed by atoms with Crippen molar-refractivity contribution in [1.82, 2.24) is 9.80 Å². The summed E-state index contributed by atoms with van der Waals surface area (Å²) in [6.07, 6.45) is 8.60. The van der Waals surface area contributed by atoms with E-state index >= 15 is 0 Å². The maximum Gasteiger partial charge on any atom is 0.0612 e. The van der Waals surface area contributed by atoms with Gasteiger partial charge in [0.1, 0.15) is 0 Å². The Kier molecular flexibility index (Phi) is 8.06. The molecule has 0 atom stereocenters. The lowest BCUT2D eigenvalue weighted by Crippen LogP contribution is -2.40. The van der Waals surface area contributed by atoms with E-state index in [1.165, 1.54) is 38.5 Å². The average Bonchev–Trinajstić information content (AvgIpc) is 2.20. The molecular weight excluding hydrogens is 208 g/mol. The first-order chi connectivity index (χ1) is 7.80. The van der Waals surface area contributed by atoms with Gasteiger partial charge in [-0.3, -0.25) is 9.80 Å². The van der Waals surface area contributed by atoms with E-state index in [9.17, 15) is 0 Å². The van der Waals surface area contributed by atoms with Crippen LogP contribution in [-0.2, 0) is 0 Å². The van der Waals surface area contributed by atoms with Crippen molar-refractivity contribution < 1.29 is 0 Å². The fraction of sp³-hybridized carbons (Fsp3) is 1.00. The third-order valence-electron chi connectivity index (χ3n) is 3.72. The van der Waals surface area contributed by atoms with Crippen molar-refractivity contribution in [3.05, 3.63) is 0 Å². The van der Waals surface area contributed by atoms with E-state index in [4.69, 9.17) is 0 Å². The van der Waals surface area contributed by atoms with Crippen molar-refractivity contribution in [2.75, 3.05) is 28.2 Å². The summed E-state index contributed by atoms with van der Waals surface area (Å²) < 4.78 is 0. The second kappa shape index (κ2) is 8.10. The molecule has 2 nitrogen and oxygen atoms in total. The van der Waals surface area contributed by atoms with Crippen LogP contribution in [0.5, 0.6) is 0 Å². The van der Waals surface area contributed by atoms with E-state index in [-0.39, 0.29) is 0 Å². The van der Waals surface area contributed by atoms with Gasteiger partial charge in [-0.2, -0.15) is 0 Å². The summed E-state index contributed by atoms with van der Waals surface area (Å²) in [5.41, 5.74) is 0.527. The molecule has 0 fully saturated rings. The Morgan fingerprint density at radius 2 is 1.35 bits per heavy atom. The van der Waals surface area contributed by atoms with Gasteiger partial charge >= 0.3 is 0 Å². The van der Waals surface area contributed by atoms with Crippen molar-refractivity contribution in [2.45, 2.75) is 65.5 Å². The summed E-state index contributed by atoms with van der Waals surface area (Å²) in [4.78, 5) is 4.64. The van der Waals surface area contributed by atoms with E-state index in [2.05, 4.69) is 58.8 Å². The Morgan fingerprint density at radius 1 is 0.882 bits per heavy atom. The molecule has 0 saturated carbocycles. The van der Waals surface area contributed by atoms with Crippen LogP contribution in [0.4, 0.5) is 0 Å². The van der Waals surface area contributed by atoms with Gasteiger partial charge in [0.2, 0.25) is 0 Å². The molecule has 2 heteroatoms. The smallest absolute Gasteiger partial charge is 0.0612 e. The average molecular weight is 242 g/mol. The standard InChI is InChI=1S/C15H34N2/c1-8-9-12-15(2,3)13-10-11-14(16(4)5)17(6)7/h14H,8-13H2,1-7H3. The fourth-order valence-electron chi connectivity index (χ4n) is 2.52. The quantitative estimate of drug-likeness (QED) is 0.567. The molecule has 104 valence electrons. The molecule has 0 aromatic heterocycles. The predicted octanol–water partition coefficient (Wildman–Crippen LogP) is 3.82. The van der Waals surface area contributed by atoms with Crippen LogP contribution in [0.25, 0.3) is 0 Å². The Balaban J connectivity index is 3.94. The van der Waals surface area contributed by atoms with Gasteiger partial charge in [-0.15, -0.1) is 0 Å². The van der Waals surface area contributed by atoms with Crippen molar-refractivity contribution in [3.8, 4) is 0 Å². The molecule has 0 amide bonds. The lowest BCUT2D eigenvalue weighted by Gasteiger charge is -2.32. The molecule has 0 rings (SSSR count). The number of rotatable bonds is 9. The third kappa shape index (κ3) is 7.77. The van der Waals surface area contributed by atoms with Gasteiger partial charge in [0.25, 0.3) is 0 Å². The summed E-state index contributed by atoms with van der Waals surface area (Å²) in [6, 6.07) is 0. The highest BCUT2D eigenvalue weighted by atomic mass is 15.3. The lowest BCUT2D eigenvalue weighted by atomic mass is 9.82. The fourth-order valence-corrected chi connectivity index (χ4v) is 2.52. The molecule has 0 aliphatic rings. The molecular formula is C15H34N2. The molecule has 0 N–H and O–H groups in total. The maximum absolute atomic E-state index is 2.42. The van der Waals surface area contributed by atoms with Crippen molar-refractivity contribution in [1.29, 1.82) is 0 Å². The van der Waals surface area contributed by atoms with E-state index in [1.807, 2.05) is 0 Å². The normalized spacial score (nSPS) is 13.1. The molecule has 0 heterocycles. The summed E-state index contributed by atoms with van der Waals surface area (Å²) in [5.74, 6) is 0. The van der Waals surface area contributed by atoms with Gasteiger partial charge in [-0.1, -0.05) is 40.0 Å². The Labute approximate surface area is 109 Å². The molecule has 0 spiro atoms. The maximum atomic E-state index is 2.42. The molecule has 0 aromatic rings. The van der Waals surface area contributed by atoms with Gasteiger partial charge < -0.3 is 0 Å². The van der Waals surface area contributed by atoms with Crippen molar-refractivity contribution >= 4 is 0 Å². The zero-order valence-electron chi connectivity index (χ0n) is 13.2. The van der Waals surface area contributed by atoms with Crippen LogP contribution in [0.3, 0.4) is 0 Å². The molecule has 0 radical (unpaired) electrons. The summed E-state index contributed by atoms with van der Waals surface area (Å²) in [6.45, 7) is 7.12. The van der Waals surface area contributed by atoms with Crippen LogP contribution < -0.4 is 0 Å². The zero-order valence-corrected chi connectivity index (χ0v) is 13.2. The first-order valence-electron chi connectivity index (χ1n) is 7.13. The van der Waals surface area contributed by atoms with Crippen LogP contribution >= 0.6 is 0 Å². The molecule has 0 unspecified atom stereocenters. The molecule has 17 heavy (non-hydrogen) atoms. The minimum atomic E-state index is 0.527. The van der Waals surface area contributed by atoms with Crippen LogP contribution in [0.15, 0.2) is 0 Å². The van der Waals surface area contributed by atoms with E-state index in [1.54, 1.807) is 0 Å². The zero-order chi connectivity index (χ0) is 13.5. The van der Waals surface area contributed by atoms with Crippen molar-refractivity contribution in [3.63, 3.8) is 0 Å². The summed E-state index contributed by atoms with van der Waals surface area (Å²) >= 11 is 0. The largest absolute Gasteiger partial charge is 0.294 e. The van der Waals surface area contributed by atoms with Crippen LogP contribution in [-0.4, -0.2) is 44.2 Å². The SMILES string of the molecule is CCCCC(C)(C)CCCC(N(C)C)N(C)C. The van der Waals surface area contributed by atoms with E-state index in [0.29, 0.717) is 11.6 Å². The summed E-state index contributed by atoms with van der Waals surface area (Å²) in [5, 5.41) is 0. The minimum Gasteiger partial charge on any atom is -0.294 e. The summed E-state index contributed by atoms with van der Waals surface area (Å²) in [7, 11) is 8.69. The van der Waals surface area contributed by atoms with Crippen LogP contribution in [0.2, 0.25) is 0 Å². The molecule has 0 bridgehead atoms. The topological polar surface area (TPSA) is 6.48 Å². The van der Waals surface area contributed by atoms with E-state index in [0.717, 1.165) is 0 Å². The van der Waals surface area contributed by atoms with Gasteiger partial charge in [-0.25, -0.2) is 0 Å². The molecule has 0 aliphatic carbocycles. The van der Waals surface area contributed by atoms with Gasteiger partial charge in [-0.05, 0) is 52.9 Å².